The first kappa shape index (κ1) is 17.5. The Labute approximate surface area is 143 Å². The largest absolute Gasteiger partial charge is 0.354 e. The molecule has 1 aliphatic heterocycles. The minimum absolute atomic E-state index is 0.0160. The van der Waals surface area contributed by atoms with Gasteiger partial charge in [-0.25, -0.2) is 0 Å². The average Bonchev–Trinajstić information content (AvgIpc) is 2.84. The van der Waals surface area contributed by atoms with Crippen LogP contribution in [0.3, 0.4) is 0 Å². The molecule has 8 heteroatoms. The molecule has 3 N–H and O–H groups in total. The number of hydrogen-bond donors (Lipinski definition) is 2. The van der Waals surface area contributed by atoms with E-state index in [4.69, 9.17) is 28.9 Å². The van der Waals surface area contributed by atoms with E-state index in [9.17, 15) is 9.59 Å². The average molecular weight is 364 g/mol. The molecule has 5 nitrogen and oxygen atoms in total. The summed E-state index contributed by atoms with van der Waals surface area (Å²) in [7, 11) is 0. The highest BCUT2D eigenvalue weighted by atomic mass is 35.5. The molecular weight excluding hydrogens is 345 g/mol. The van der Waals surface area contributed by atoms with Gasteiger partial charge in [-0.05, 0) is 25.3 Å². The second-order valence-corrected chi connectivity index (χ2v) is 7.51. The number of rotatable bonds is 5. The van der Waals surface area contributed by atoms with Crippen molar-refractivity contribution in [2.45, 2.75) is 31.7 Å². The van der Waals surface area contributed by atoms with Crippen molar-refractivity contribution in [1.82, 2.24) is 10.2 Å². The van der Waals surface area contributed by atoms with Crippen molar-refractivity contribution >= 4 is 46.4 Å². The summed E-state index contributed by atoms with van der Waals surface area (Å²) in [5.41, 5.74) is 5.80. The first-order valence-electron chi connectivity index (χ1n) is 7.25. The molecule has 22 heavy (non-hydrogen) atoms. The van der Waals surface area contributed by atoms with Gasteiger partial charge in [-0.2, -0.15) is 0 Å². The molecule has 0 spiro atoms. The smallest absolute Gasteiger partial charge is 0.256 e. The third-order valence-corrected chi connectivity index (χ3v) is 5.17. The van der Waals surface area contributed by atoms with Crippen LogP contribution in [0.1, 0.15) is 36.0 Å². The number of nitrogens with zero attached hydrogens (tertiary/aromatic N) is 1. The number of piperidine rings is 1. The number of amides is 2. The van der Waals surface area contributed by atoms with Crippen molar-refractivity contribution in [3.8, 4) is 0 Å². The van der Waals surface area contributed by atoms with E-state index in [0.717, 1.165) is 19.3 Å². The number of likely N-dealkylation sites (tertiary alicyclic amines) is 1. The summed E-state index contributed by atoms with van der Waals surface area (Å²) in [6, 6.07) is 1.59. The van der Waals surface area contributed by atoms with Gasteiger partial charge in [0.15, 0.2) is 0 Å². The molecule has 1 fully saturated rings. The zero-order valence-electron chi connectivity index (χ0n) is 12.1. The number of nitrogens with two attached hydrogens (primary N) is 1. The van der Waals surface area contributed by atoms with Gasteiger partial charge in [0.2, 0.25) is 5.91 Å². The Balaban J connectivity index is 2.04. The highest BCUT2D eigenvalue weighted by Crippen LogP contribution is 2.33. The van der Waals surface area contributed by atoms with E-state index in [1.165, 1.54) is 11.3 Å². The number of hydrogen-bond acceptors (Lipinski definition) is 4. The van der Waals surface area contributed by atoms with Gasteiger partial charge in [-0.15, -0.1) is 11.3 Å². The Bertz CT molecular complexity index is 550. The van der Waals surface area contributed by atoms with Crippen LogP contribution in [0.5, 0.6) is 0 Å². The zero-order valence-corrected chi connectivity index (χ0v) is 14.4. The zero-order chi connectivity index (χ0) is 16.1. The lowest BCUT2D eigenvalue weighted by atomic mass is 10.0. The van der Waals surface area contributed by atoms with Gasteiger partial charge in [0, 0.05) is 32.1 Å². The lowest BCUT2D eigenvalue weighted by Crippen LogP contribution is -2.49. The SMILES string of the molecule is NCCC(=O)NCC1CCCCN1C(=O)c1cc(Cl)sc1Cl. The molecule has 2 amide bonds. The van der Waals surface area contributed by atoms with Crippen molar-refractivity contribution < 1.29 is 9.59 Å². The Morgan fingerprint density at radius 3 is 2.82 bits per heavy atom. The number of thiophene rings is 1. The van der Waals surface area contributed by atoms with E-state index >= 15 is 0 Å². The molecule has 0 saturated carbocycles. The Kier molecular flexibility index (Phi) is 6.50. The van der Waals surface area contributed by atoms with Gasteiger partial charge in [-0.1, -0.05) is 23.2 Å². The van der Waals surface area contributed by atoms with E-state index < -0.39 is 0 Å². The van der Waals surface area contributed by atoms with Crippen LogP contribution in [0.15, 0.2) is 6.07 Å². The maximum absolute atomic E-state index is 12.7. The predicted octanol–water partition coefficient (Wildman–Crippen LogP) is 2.51. The van der Waals surface area contributed by atoms with Crippen molar-refractivity contribution in [3.05, 3.63) is 20.3 Å². The van der Waals surface area contributed by atoms with Gasteiger partial charge in [-0.3, -0.25) is 9.59 Å². The molecule has 1 aromatic rings. The summed E-state index contributed by atoms with van der Waals surface area (Å²) < 4.78 is 0.907. The summed E-state index contributed by atoms with van der Waals surface area (Å²) in [4.78, 5) is 26.0. The second-order valence-electron chi connectivity index (χ2n) is 5.23. The van der Waals surface area contributed by atoms with E-state index in [2.05, 4.69) is 5.32 Å². The topological polar surface area (TPSA) is 75.4 Å². The van der Waals surface area contributed by atoms with Crippen LogP contribution in [-0.4, -0.2) is 42.4 Å². The first-order valence-corrected chi connectivity index (χ1v) is 8.82. The minimum atomic E-state index is -0.120. The van der Waals surface area contributed by atoms with Gasteiger partial charge < -0.3 is 16.0 Å². The molecule has 1 aliphatic rings. The molecular formula is C14H19Cl2N3O2S. The molecule has 0 bridgehead atoms. The monoisotopic (exact) mass is 363 g/mol. The maximum Gasteiger partial charge on any atom is 0.256 e. The predicted molar refractivity (Wildman–Crippen MR) is 89.7 cm³/mol. The Morgan fingerprint density at radius 1 is 1.41 bits per heavy atom. The van der Waals surface area contributed by atoms with E-state index in [1.54, 1.807) is 11.0 Å². The number of halogens is 2. The van der Waals surface area contributed by atoms with Crippen molar-refractivity contribution in [2.75, 3.05) is 19.6 Å². The highest BCUT2D eigenvalue weighted by Gasteiger charge is 2.29. The third kappa shape index (κ3) is 4.35. The quantitative estimate of drug-likeness (QED) is 0.843. The van der Waals surface area contributed by atoms with Crippen LogP contribution in [0, 0.1) is 0 Å². The normalized spacial score (nSPS) is 18.3. The Morgan fingerprint density at radius 2 is 2.18 bits per heavy atom. The summed E-state index contributed by atoms with van der Waals surface area (Å²) >= 11 is 13.2. The maximum atomic E-state index is 12.7. The fourth-order valence-electron chi connectivity index (χ4n) is 2.57. The number of carbonyl (C=O) groups is 2. The fraction of sp³-hybridized carbons (Fsp3) is 0.571. The van der Waals surface area contributed by atoms with E-state index in [1.807, 2.05) is 0 Å². The van der Waals surface area contributed by atoms with Crippen LogP contribution in [0.2, 0.25) is 8.67 Å². The number of nitrogens with one attached hydrogen (secondary N) is 1. The van der Waals surface area contributed by atoms with E-state index in [0.29, 0.717) is 40.3 Å². The van der Waals surface area contributed by atoms with Crippen LogP contribution >= 0.6 is 34.5 Å². The molecule has 2 heterocycles. The van der Waals surface area contributed by atoms with Crippen LogP contribution < -0.4 is 11.1 Å². The van der Waals surface area contributed by atoms with Crippen molar-refractivity contribution in [3.63, 3.8) is 0 Å². The molecule has 1 unspecified atom stereocenters. The van der Waals surface area contributed by atoms with E-state index in [-0.39, 0.29) is 17.9 Å². The van der Waals surface area contributed by atoms with Crippen LogP contribution in [0.4, 0.5) is 0 Å². The lowest BCUT2D eigenvalue weighted by Gasteiger charge is -2.35. The van der Waals surface area contributed by atoms with Gasteiger partial charge in [0.1, 0.15) is 4.34 Å². The van der Waals surface area contributed by atoms with Crippen LogP contribution in [-0.2, 0) is 4.79 Å². The number of carbonyl (C=O) groups excluding carboxylic acids is 2. The highest BCUT2D eigenvalue weighted by molar-refractivity contribution is 7.20. The first-order chi connectivity index (χ1) is 10.5. The lowest BCUT2D eigenvalue weighted by molar-refractivity contribution is -0.121. The van der Waals surface area contributed by atoms with Crippen molar-refractivity contribution in [1.29, 1.82) is 0 Å². The molecule has 2 rings (SSSR count). The minimum Gasteiger partial charge on any atom is -0.354 e. The van der Waals surface area contributed by atoms with Gasteiger partial charge in [0.05, 0.1) is 9.90 Å². The summed E-state index contributed by atoms with van der Waals surface area (Å²) in [5.74, 6) is -0.206. The molecule has 1 atom stereocenters. The molecule has 0 aromatic carbocycles. The molecule has 0 radical (unpaired) electrons. The Hall–Kier alpha value is -0.820. The molecule has 122 valence electrons. The van der Waals surface area contributed by atoms with Crippen LogP contribution in [0.25, 0.3) is 0 Å². The molecule has 0 aliphatic carbocycles. The summed E-state index contributed by atoms with van der Waals surface area (Å²) in [6.07, 6.45) is 3.16. The standard InChI is InChI=1S/C14H19Cl2N3O2S/c15-11-7-10(13(16)22-11)14(21)19-6-2-1-3-9(19)8-18-12(20)4-5-17/h7,9H,1-6,8,17H2,(H,18,20). The fourth-order valence-corrected chi connectivity index (χ4v) is 4.02. The molecule has 1 aromatic heterocycles. The second kappa shape index (κ2) is 8.15. The summed E-state index contributed by atoms with van der Waals surface area (Å²) in [6.45, 7) is 1.43. The molecule has 1 saturated heterocycles. The van der Waals surface area contributed by atoms with Gasteiger partial charge >= 0.3 is 0 Å². The van der Waals surface area contributed by atoms with Crippen molar-refractivity contribution in [2.24, 2.45) is 5.73 Å². The third-order valence-electron chi connectivity index (χ3n) is 3.68. The summed E-state index contributed by atoms with van der Waals surface area (Å²) in [5, 5.41) is 2.84. The van der Waals surface area contributed by atoms with Gasteiger partial charge in [0.25, 0.3) is 5.91 Å².